The van der Waals surface area contributed by atoms with Crippen molar-refractivity contribution in [3.63, 3.8) is 0 Å². The molecule has 1 amide bonds. The highest BCUT2D eigenvalue weighted by Crippen LogP contribution is 2.27. The van der Waals surface area contributed by atoms with Gasteiger partial charge in [0.05, 0.1) is 16.9 Å². The lowest BCUT2D eigenvalue weighted by molar-refractivity contribution is 0.102. The Kier molecular flexibility index (Phi) is 3.35. The number of fused-ring (bicyclic) bond motifs is 2. The number of anilines is 1. The van der Waals surface area contributed by atoms with Gasteiger partial charge in [0.25, 0.3) is 5.91 Å². The number of halogens is 1. The third-order valence-corrected chi connectivity index (χ3v) is 4.15. The van der Waals surface area contributed by atoms with Gasteiger partial charge in [0.1, 0.15) is 11.3 Å². The van der Waals surface area contributed by atoms with Crippen LogP contribution in [0.15, 0.2) is 41.1 Å². The summed E-state index contributed by atoms with van der Waals surface area (Å²) in [4.78, 5) is 16.8. The Bertz CT molecular complexity index is 1140. The zero-order valence-corrected chi connectivity index (χ0v) is 14.1. The number of pyridine rings is 1. The lowest BCUT2D eigenvalue weighted by atomic mass is 10.1. The SMILES string of the molecule is Cc1cn2cc(NC(=O)c3ccc(C)c4cc(C)oc34)cc(F)c2n1. The van der Waals surface area contributed by atoms with Crippen LogP contribution in [0.1, 0.15) is 27.4 Å². The lowest BCUT2D eigenvalue weighted by Crippen LogP contribution is -2.13. The molecule has 0 spiro atoms. The zero-order chi connectivity index (χ0) is 17.7. The summed E-state index contributed by atoms with van der Waals surface area (Å²) in [5.41, 5.74) is 3.27. The number of imidazole rings is 1. The fourth-order valence-corrected chi connectivity index (χ4v) is 3.01. The third-order valence-electron chi connectivity index (χ3n) is 4.15. The third kappa shape index (κ3) is 2.55. The van der Waals surface area contributed by atoms with E-state index in [1.165, 1.54) is 6.07 Å². The van der Waals surface area contributed by atoms with Crippen LogP contribution >= 0.6 is 0 Å². The molecule has 0 bridgehead atoms. The number of amides is 1. The van der Waals surface area contributed by atoms with E-state index in [1.54, 1.807) is 29.8 Å². The summed E-state index contributed by atoms with van der Waals surface area (Å²) < 4.78 is 21.4. The molecule has 3 heterocycles. The highest BCUT2D eigenvalue weighted by atomic mass is 19.1. The monoisotopic (exact) mass is 337 g/mol. The van der Waals surface area contributed by atoms with Gasteiger partial charge in [0.2, 0.25) is 0 Å². The van der Waals surface area contributed by atoms with Crippen molar-refractivity contribution in [1.82, 2.24) is 9.38 Å². The van der Waals surface area contributed by atoms with Crippen molar-refractivity contribution in [1.29, 1.82) is 0 Å². The summed E-state index contributed by atoms with van der Waals surface area (Å²) in [5, 5.41) is 3.63. The van der Waals surface area contributed by atoms with Crippen LogP contribution in [0, 0.1) is 26.6 Å². The fourth-order valence-electron chi connectivity index (χ4n) is 3.01. The predicted molar refractivity (Wildman–Crippen MR) is 93.5 cm³/mol. The summed E-state index contributed by atoms with van der Waals surface area (Å²) in [6, 6.07) is 6.75. The summed E-state index contributed by atoms with van der Waals surface area (Å²) in [6.07, 6.45) is 3.34. The molecule has 0 aliphatic carbocycles. The summed E-state index contributed by atoms with van der Waals surface area (Å²) in [7, 11) is 0. The topological polar surface area (TPSA) is 59.5 Å². The molecule has 126 valence electrons. The number of aryl methyl sites for hydroxylation is 3. The molecule has 1 aromatic carbocycles. The molecular formula is C19H16FN3O2. The van der Waals surface area contributed by atoms with Crippen LogP contribution in [0.4, 0.5) is 10.1 Å². The number of aromatic nitrogens is 2. The average molecular weight is 337 g/mol. The fraction of sp³-hybridized carbons (Fsp3) is 0.158. The molecule has 25 heavy (non-hydrogen) atoms. The van der Waals surface area contributed by atoms with E-state index in [1.807, 2.05) is 26.0 Å². The van der Waals surface area contributed by atoms with E-state index in [2.05, 4.69) is 10.3 Å². The minimum Gasteiger partial charge on any atom is -0.461 e. The van der Waals surface area contributed by atoms with Gasteiger partial charge < -0.3 is 14.1 Å². The average Bonchev–Trinajstić information content (AvgIpc) is 3.10. The first kappa shape index (κ1) is 15.4. The Labute approximate surface area is 143 Å². The zero-order valence-electron chi connectivity index (χ0n) is 14.1. The standard InChI is InChI=1S/C19H16FN3O2/c1-10-4-5-14(17-15(10)6-12(3)25-17)19(24)22-13-7-16(20)18-21-11(2)8-23(18)9-13/h4-9H,1-3H3,(H,22,24). The molecule has 0 unspecified atom stereocenters. The lowest BCUT2D eigenvalue weighted by Gasteiger charge is -2.08. The summed E-state index contributed by atoms with van der Waals surface area (Å²) in [6.45, 7) is 5.59. The smallest absolute Gasteiger partial charge is 0.259 e. The number of furan rings is 1. The van der Waals surface area contributed by atoms with Gasteiger partial charge in [-0.1, -0.05) is 6.07 Å². The minimum atomic E-state index is -0.492. The Morgan fingerprint density at radius 3 is 2.80 bits per heavy atom. The Balaban J connectivity index is 1.74. The highest BCUT2D eigenvalue weighted by molar-refractivity contribution is 6.12. The first-order chi connectivity index (χ1) is 11.9. The number of carbonyl (C=O) groups excluding carboxylic acids is 1. The van der Waals surface area contributed by atoms with Crippen LogP contribution in [0.25, 0.3) is 16.6 Å². The molecule has 3 aromatic heterocycles. The highest BCUT2D eigenvalue weighted by Gasteiger charge is 2.16. The van der Waals surface area contributed by atoms with E-state index in [0.29, 0.717) is 22.5 Å². The van der Waals surface area contributed by atoms with Crippen molar-refractivity contribution in [3.8, 4) is 0 Å². The first-order valence-corrected chi connectivity index (χ1v) is 7.88. The molecule has 0 saturated heterocycles. The second-order valence-corrected chi connectivity index (χ2v) is 6.17. The number of hydrogen-bond acceptors (Lipinski definition) is 3. The predicted octanol–water partition coefficient (Wildman–Crippen LogP) is 4.40. The van der Waals surface area contributed by atoms with Crippen molar-refractivity contribution in [3.05, 3.63) is 65.1 Å². The van der Waals surface area contributed by atoms with Crippen LogP contribution in [0.3, 0.4) is 0 Å². The van der Waals surface area contributed by atoms with Gasteiger partial charge in [0.15, 0.2) is 11.5 Å². The van der Waals surface area contributed by atoms with Crippen LogP contribution in [-0.4, -0.2) is 15.3 Å². The number of nitrogens with zero attached hydrogens (tertiary/aromatic N) is 2. The number of carbonyl (C=O) groups is 1. The molecule has 4 aromatic rings. The Hall–Kier alpha value is -3.15. The van der Waals surface area contributed by atoms with Gasteiger partial charge in [-0.25, -0.2) is 9.37 Å². The van der Waals surface area contributed by atoms with E-state index in [4.69, 9.17) is 4.42 Å². The number of benzene rings is 1. The molecule has 0 atom stereocenters. The molecule has 4 rings (SSSR count). The Morgan fingerprint density at radius 2 is 2.00 bits per heavy atom. The van der Waals surface area contributed by atoms with Gasteiger partial charge in [-0.3, -0.25) is 4.79 Å². The van der Waals surface area contributed by atoms with Crippen LogP contribution in [-0.2, 0) is 0 Å². The van der Waals surface area contributed by atoms with E-state index < -0.39 is 5.82 Å². The molecular weight excluding hydrogens is 321 g/mol. The first-order valence-electron chi connectivity index (χ1n) is 7.88. The van der Waals surface area contributed by atoms with Crippen molar-refractivity contribution in [2.75, 3.05) is 5.32 Å². The van der Waals surface area contributed by atoms with Gasteiger partial charge in [0, 0.05) is 23.8 Å². The van der Waals surface area contributed by atoms with Gasteiger partial charge in [-0.15, -0.1) is 0 Å². The molecule has 0 aliphatic rings. The van der Waals surface area contributed by atoms with Crippen LogP contribution in [0.5, 0.6) is 0 Å². The van der Waals surface area contributed by atoms with E-state index in [-0.39, 0.29) is 11.6 Å². The number of hydrogen-bond donors (Lipinski definition) is 1. The second kappa shape index (κ2) is 5.44. The van der Waals surface area contributed by atoms with E-state index >= 15 is 0 Å². The Morgan fingerprint density at radius 1 is 1.20 bits per heavy atom. The maximum Gasteiger partial charge on any atom is 0.259 e. The van der Waals surface area contributed by atoms with Crippen molar-refractivity contribution < 1.29 is 13.6 Å². The summed E-state index contributed by atoms with van der Waals surface area (Å²) in [5.74, 6) is -0.108. The molecule has 1 N–H and O–H groups in total. The van der Waals surface area contributed by atoms with Gasteiger partial charge in [-0.2, -0.15) is 0 Å². The maximum absolute atomic E-state index is 14.2. The van der Waals surface area contributed by atoms with Crippen molar-refractivity contribution in [2.45, 2.75) is 20.8 Å². The normalized spacial score (nSPS) is 11.4. The number of rotatable bonds is 2. The van der Waals surface area contributed by atoms with Crippen LogP contribution in [0.2, 0.25) is 0 Å². The number of nitrogens with one attached hydrogen (secondary N) is 1. The largest absolute Gasteiger partial charge is 0.461 e. The van der Waals surface area contributed by atoms with Gasteiger partial charge in [-0.05, 0) is 38.5 Å². The van der Waals surface area contributed by atoms with E-state index in [9.17, 15) is 9.18 Å². The van der Waals surface area contributed by atoms with Crippen LogP contribution < -0.4 is 5.32 Å². The quantitative estimate of drug-likeness (QED) is 0.590. The molecule has 0 fully saturated rings. The molecule has 0 saturated carbocycles. The molecule has 5 nitrogen and oxygen atoms in total. The molecule has 0 aliphatic heterocycles. The van der Waals surface area contributed by atoms with Crippen molar-refractivity contribution >= 4 is 28.2 Å². The molecule has 6 heteroatoms. The summed E-state index contributed by atoms with van der Waals surface area (Å²) >= 11 is 0. The second-order valence-electron chi connectivity index (χ2n) is 6.17. The maximum atomic E-state index is 14.2. The molecule has 0 radical (unpaired) electrons. The van der Waals surface area contributed by atoms with Gasteiger partial charge >= 0.3 is 0 Å². The van der Waals surface area contributed by atoms with Crippen molar-refractivity contribution in [2.24, 2.45) is 0 Å². The minimum absolute atomic E-state index is 0.231. The van der Waals surface area contributed by atoms with E-state index in [0.717, 1.165) is 16.7 Å².